The predicted octanol–water partition coefficient (Wildman–Crippen LogP) is 1.99. The average molecular weight is 490 g/mol. The van der Waals surface area contributed by atoms with Gasteiger partial charge in [0.15, 0.2) is 15.8 Å². The van der Waals surface area contributed by atoms with Crippen LogP contribution in [0, 0.1) is 0 Å². The van der Waals surface area contributed by atoms with Crippen LogP contribution >= 0.6 is 47.1 Å². The number of nitrogens with one attached hydrogen (secondary N) is 2. The summed E-state index contributed by atoms with van der Waals surface area (Å²) < 4.78 is 24.1. The molecule has 2 heterocycles. The van der Waals surface area contributed by atoms with E-state index < -0.39 is 9.84 Å². The minimum Gasteiger partial charge on any atom is -0.357 e. The molecule has 1 saturated heterocycles. The molecule has 6 nitrogen and oxygen atoms in total. The molecule has 10 heteroatoms. The Bertz CT molecular complexity index is 578. The number of guanidine groups is 1. The molecule has 132 valence electrons. The quantitative estimate of drug-likeness (QED) is 0.200. The lowest BCUT2D eigenvalue weighted by molar-refractivity contribution is 0.599. The maximum atomic E-state index is 11.5. The number of nitrogens with zero attached hydrogens (tertiary/aromatic N) is 2. The van der Waals surface area contributed by atoms with Crippen molar-refractivity contribution in [1.29, 1.82) is 0 Å². The molecule has 1 fully saturated rings. The fourth-order valence-corrected chi connectivity index (χ4v) is 5.42. The maximum absolute atomic E-state index is 11.5. The van der Waals surface area contributed by atoms with E-state index in [1.165, 1.54) is 0 Å². The maximum Gasteiger partial charge on any atom is 0.191 e. The predicted molar refractivity (Wildman–Crippen MR) is 109 cm³/mol. The Morgan fingerprint density at radius 2 is 2.39 bits per heavy atom. The van der Waals surface area contributed by atoms with Crippen molar-refractivity contribution in [2.45, 2.75) is 30.1 Å². The minimum absolute atomic E-state index is 0. The summed E-state index contributed by atoms with van der Waals surface area (Å²) in [5.74, 6) is 2.17. The van der Waals surface area contributed by atoms with Crippen LogP contribution in [0.1, 0.15) is 19.8 Å². The zero-order chi connectivity index (χ0) is 15.8. The second-order valence-corrected chi connectivity index (χ2v) is 9.47. The van der Waals surface area contributed by atoms with Gasteiger partial charge in [-0.1, -0.05) is 11.8 Å². The first-order chi connectivity index (χ1) is 10.6. The normalized spacial score (nSPS) is 20.0. The minimum atomic E-state index is -2.86. The third kappa shape index (κ3) is 8.03. The molecule has 0 aliphatic carbocycles. The number of sulfone groups is 1. The molecule has 2 rings (SSSR count). The van der Waals surface area contributed by atoms with Gasteiger partial charge in [0.1, 0.15) is 4.34 Å². The lowest BCUT2D eigenvalue weighted by Gasteiger charge is -2.15. The summed E-state index contributed by atoms with van der Waals surface area (Å²) in [7, 11) is -2.86. The number of thioether (sulfide) groups is 1. The average Bonchev–Trinajstić information content (AvgIpc) is 3.08. The van der Waals surface area contributed by atoms with Gasteiger partial charge < -0.3 is 10.6 Å². The fraction of sp³-hybridized carbons (Fsp3) is 0.692. The second-order valence-electron chi connectivity index (χ2n) is 5.00. The zero-order valence-corrected chi connectivity index (χ0v) is 17.8. The van der Waals surface area contributed by atoms with Crippen LogP contribution in [0.25, 0.3) is 0 Å². The molecular formula is C13H23IN4O2S3. The van der Waals surface area contributed by atoms with Crippen molar-refractivity contribution in [2.24, 2.45) is 4.99 Å². The Balaban J connectivity index is 0.00000264. The third-order valence-electron chi connectivity index (χ3n) is 3.13. The molecule has 0 radical (unpaired) electrons. The Morgan fingerprint density at radius 3 is 3.00 bits per heavy atom. The lowest BCUT2D eigenvalue weighted by Crippen LogP contribution is -2.44. The van der Waals surface area contributed by atoms with Crippen LogP contribution in [0.3, 0.4) is 0 Å². The second kappa shape index (κ2) is 10.7. The Morgan fingerprint density at radius 1 is 1.57 bits per heavy atom. The van der Waals surface area contributed by atoms with Crippen molar-refractivity contribution in [1.82, 2.24) is 15.6 Å². The van der Waals surface area contributed by atoms with E-state index in [-0.39, 0.29) is 41.5 Å². The summed E-state index contributed by atoms with van der Waals surface area (Å²) in [5.41, 5.74) is 0. The fourth-order valence-electron chi connectivity index (χ4n) is 2.12. The van der Waals surface area contributed by atoms with Crippen LogP contribution in [0.4, 0.5) is 0 Å². The van der Waals surface area contributed by atoms with Crippen LogP contribution in [-0.2, 0) is 9.84 Å². The van der Waals surface area contributed by atoms with Gasteiger partial charge in [-0.25, -0.2) is 13.4 Å². The third-order valence-corrected chi connectivity index (χ3v) is 6.95. The molecule has 23 heavy (non-hydrogen) atoms. The van der Waals surface area contributed by atoms with Gasteiger partial charge in [0.25, 0.3) is 0 Å². The van der Waals surface area contributed by atoms with Gasteiger partial charge >= 0.3 is 0 Å². The summed E-state index contributed by atoms with van der Waals surface area (Å²) in [6, 6.07) is -0.0208. The van der Waals surface area contributed by atoms with E-state index in [0.29, 0.717) is 18.9 Å². The molecule has 1 aromatic rings. The summed E-state index contributed by atoms with van der Waals surface area (Å²) >= 11 is 3.39. The SMILES string of the molecule is CCNC(=NCCCSc1nccs1)NC1CCS(=O)(=O)C1.I. The smallest absolute Gasteiger partial charge is 0.191 e. The van der Waals surface area contributed by atoms with Gasteiger partial charge in [0, 0.05) is 36.5 Å². The van der Waals surface area contributed by atoms with Crippen LogP contribution in [0.15, 0.2) is 20.9 Å². The van der Waals surface area contributed by atoms with Crippen LogP contribution in [-0.4, -0.2) is 55.8 Å². The molecule has 0 saturated carbocycles. The van der Waals surface area contributed by atoms with Gasteiger partial charge in [-0.15, -0.1) is 35.3 Å². The van der Waals surface area contributed by atoms with Crippen molar-refractivity contribution in [3.05, 3.63) is 11.6 Å². The van der Waals surface area contributed by atoms with Crippen molar-refractivity contribution in [3.8, 4) is 0 Å². The van der Waals surface area contributed by atoms with Crippen LogP contribution < -0.4 is 10.6 Å². The molecule has 1 atom stereocenters. The van der Waals surface area contributed by atoms with Crippen molar-refractivity contribution in [3.63, 3.8) is 0 Å². The summed E-state index contributed by atoms with van der Waals surface area (Å²) in [6.45, 7) is 3.48. The number of thiazole rings is 1. The summed E-state index contributed by atoms with van der Waals surface area (Å²) in [5, 5.41) is 8.36. The molecule has 1 aliphatic heterocycles. The lowest BCUT2D eigenvalue weighted by atomic mass is 10.3. The first-order valence-electron chi connectivity index (χ1n) is 7.36. The van der Waals surface area contributed by atoms with E-state index in [1.807, 2.05) is 18.5 Å². The Kier molecular flexibility index (Phi) is 9.78. The highest BCUT2D eigenvalue weighted by atomic mass is 127. The van der Waals surface area contributed by atoms with E-state index >= 15 is 0 Å². The number of halogens is 1. The van der Waals surface area contributed by atoms with E-state index in [0.717, 1.165) is 23.1 Å². The van der Waals surface area contributed by atoms with Gasteiger partial charge in [-0.3, -0.25) is 4.99 Å². The van der Waals surface area contributed by atoms with Crippen molar-refractivity contribution >= 4 is 62.9 Å². The van der Waals surface area contributed by atoms with Gasteiger partial charge in [-0.05, 0) is 19.8 Å². The van der Waals surface area contributed by atoms with E-state index in [9.17, 15) is 8.42 Å². The largest absolute Gasteiger partial charge is 0.357 e. The molecule has 1 aliphatic rings. The number of rotatable bonds is 7. The summed E-state index contributed by atoms with van der Waals surface area (Å²) in [4.78, 5) is 8.74. The highest BCUT2D eigenvalue weighted by Crippen LogP contribution is 2.20. The number of aromatic nitrogens is 1. The van der Waals surface area contributed by atoms with Crippen molar-refractivity contribution < 1.29 is 8.42 Å². The molecule has 1 unspecified atom stereocenters. The highest BCUT2D eigenvalue weighted by molar-refractivity contribution is 14.0. The Labute approximate surface area is 163 Å². The molecule has 1 aromatic heterocycles. The molecule has 0 aromatic carbocycles. The highest BCUT2D eigenvalue weighted by Gasteiger charge is 2.28. The van der Waals surface area contributed by atoms with Gasteiger partial charge in [-0.2, -0.15) is 0 Å². The van der Waals surface area contributed by atoms with E-state index in [2.05, 4.69) is 20.6 Å². The first kappa shape index (κ1) is 21.0. The van der Waals surface area contributed by atoms with Crippen molar-refractivity contribution in [2.75, 3.05) is 30.3 Å². The summed E-state index contributed by atoms with van der Waals surface area (Å²) in [6.07, 6.45) is 3.43. The standard InChI is InChI=1S/C13H22N4O2S3.HI/c1-2-14-12(17-11-4-9-22(18,19)10-11)15-5-3-7-20-13-16-6-8-21-13;/h6,8,11H,2-5,7,9-10H2,1H3,(H2,14,15,17);1H. The topological polar surface area (TPSA) is 83.4 Å². The molecule has 0 bridgehead atoms. The molecule has 0 spiro atoms. The molecule has 2 N–H and O–H groups in total. The number of hydrogen-bond donors (Lipinski definition) is 2. The number of aliphatic imine (C=N–C) groups is 1. The zero-order valence-electron chi connectivity index (χ0n) is 13.0. The number of hydrogen-bond acceptors (Lipinski definition) is 6. The molecular weight excluding hydrogens is 467 g/mol. The van der Waals surface area contributed by atoms with Crippen LogP contribution in [0.2, 0.25) is 0 Å². The van der Waals surface area contributed by atoms with E-state index in [4.69, 9.17) is 0 Å². The first-order valence-corrected chi connectivity index (χ1v) is 11.1. The van der Waals surface area contributed by atoms with Crippen LogP contribution in [0.5, 0.6) is 0 Å². The monoisotopic (exact) mass is 490 g/mol. The molecule has 0 amide bonds. The van der Waals surface area contributed by atoms with E-state index in [1.54, 1.807) is 23.1 Å². The Hall–Kier alpha value is -0.0700. The van der Waals surface area contributed by atoms with Gasteiger partial charge in [0.05, 0.1) is 11.5 Å². The van der Waals surface area contributed by atoms with Gasteiger partial charge in [0.2, 0.25) is 0 Å².